The van der Waals surface area contributed by atoms with E-state index in [0.29, 0.717) is 25.9 Å². The van der Waals surface area contributed by atoms with Gasteiger partial charge >= 0.3 is 6.09 Å². The molecule has 1 saturated heterocycles. The number of benzene rings is 2. The SMILES string of the molecule is O=C(NCCc1ccc(O)c(O)c1)[C@H]1CCCN1C(=O)OCc1ccccc1. The number of nitrogens with one attached hydrogen (secondary N) is 1. The maximum absolute atomic E-state index is 12.5. The van der Waals surface area contributed by atoms with Gasteiger partial charge in [0.1, 0.15) is 12.6 Å². The molecule has 1 aliphatic heterocycles. The van der Waals surface area contributed by atoms with Gasteiger partial charge in [-0.05, 0) is 42.5 Å². The van der Waals surface area contributed by atoms with E-state index in [4.69, 9.17) is 4.74 Å². The zero-order chi connectivity index (χ0) is 19.9. The molecule has 2 amide bonds. The van der Waals surface area contributed by atoms with Crippen molar-refractivity contribution in [1.82, 2.24) is 10.2 Å². The van der Waals surface area contributed by atoms with E-state index in [1.165, 1.54) is 17.0 Å². The number of hydrogen-bond acceptors (Lipinski definition) is 5. The van der Waals surface area contributed by atoms with E-state index in [1.807, 2.05) is 30.3 Å². The van der Waals surface area contributed by atoms with E-state index in [9.17, 15) is 19.8 Å². The maximum Gasteiger partial charge on any atom is 0.410 e. The summed E-state index contributed by atoms with van der Waals surface area (Å²) in [7, 11) is 0. The molecule has 0 spiro atoms. The summed E-state index contributed by atoms with van der Waals surface area (Å²) in [6.45, 7) is 1.04. The van der Waals surface area contributed by atoms with Crippen LogP contribution in [-0.2, 0) is 22.6 Å². The third kappa shape index (κ3) is 4.94. The number of carbonyl (C=O) groups excluding carboxylic acids is 2. The second-order valence-electron chi connectivity index (χ2n) is 6.76. The van der Waals surface area contributed by atoms with Crippen LogP contribution in [0.5, 0.6) is 11.5 Å². The van der Waals surface area contributed by atoms with Crippen LogP contribution in [0.3, 0.4) is 0 Å². The number of rotatable bonds is 6. The molecular weight excluding hydrogens is 360 g/mol. The second-order valence-corrected chi connectivity index (χ2v) is 6.76. The summed E-state index contributed by atoms with van der Waals surface area (Å²) in [6.07, 6.45) is 1.38. The molecule has 2 aromatic carbocycles. The number of phenols is 2. The highest BCUT2D eigenvalue weighted by Gasteiger charge is 2.34. The van der Waals surface area contributed by atoms with E-state index in [2.05, 4.69) is 5.32 Å². The lowest BCUT2D eigenvalue weighted by Crippen LogP contribution is -2.46. The number of nitrogens with zero attached hydrogens (tertiary/aromatic N) is 1. The molecule has 1 heterocycles. The first-order valence-electron chi connectivity index (χ1n) is 9.30. The minimum atomic E-state index is -0.531. The summed E-state index contributed by atoms with van der Waals surface area (Å²) in [4.78, 5) is 26.3. The van der Waals surface area contributed by atoms with Gasteiger partial charge in [0.15, 0.2) is 11.5 Å². The van der Waals surface area contributed by atoms with E-state index in [0.717, 1.165) is 17.5 Å². The monoisotopic (exact) mass is 384 g/mol. The number of phenolic OH excluding ortho intramolecular Hbond substituents is 2. The lowest BCUT2D eigenvalue weighted by Gasteiger charge is -2.23. The molecule has 7 nitrogen and oxygen atoms in total. The third-order valence-electron chi connectivity index (χ3n) is 4.75. The summed E-state index contributed by atoms with van der Waals surface area (Å²) >= 11 is 0. The van der Waals surface area contributed by atoms with Crippen molar-refractivity contribution in [2.24, 2.45) is 0 Å². The fourth-order valence-corrected chi connectivity index (χ4v) is 3.23. The summed E-state index contributed by atoms with van der Waals surface area (Å²) in [5.74, 6) is -0.576. The van der Waals surface area contributed by atoms with Crippen LogP contribution in [0.25, 0.3) is 0 Å². The molecule has 1 aliphatic rings. The van der Waals surface area contributed by atoms with E-state index >= 15 is 0 Å². The Hall–Kier alpha value is -3.22. The predicted molar refractivity (Wildman–Crippen MR) is 103 cm³/mol. The van der Waals surface area contributed by atoms with Crippen LogP contribution in [0.4, 0.5) is 4.79 Å². The standard InChI is InChI=1S/C21H24N2O5/c24-18-9-8-15(13-19(18)25)10-11-22-20(26)17-7-4-12-23(17)21(27)28-14-16-5-2-1-3-6-16/h1-3,5-6,8-9,13,17,24-25H,4,7,10-12,14H2,(H,22,26)/t17-/m1/s1. The molecule has 1 atom stereocenters. The van der Waals surface area contributed by atoms with Gasteiger partial charge in [0.05, 0.1) is 0 Å². The summed E-state index contributed by atoms with van der Waals surface area (Å²) < 4.78 is 5.35. The molecule has 3 rings (SSSR count). The fourth-order valence-electron chi connectivity index (χ4n) is 3.23. The number of aromatic hydroxyl groups is 2. The normalized spacial score (nSPS) is 16.0. The van der Waals surface area contributed by atoms with Gasteiger partial charge in [0.25, 0.3) is 0 Å². The molecule has 3 N–H and O–H groups in total. The Bertz CT molecular complexity index is 825. The minimum Gasteiger partial charge on any atom is -0.504 e. The smallest absolute Gasteiger partial charge is 0.410 e. The lowest BCUT2D eigenvalue weighted by molar-refractivity contribution is -0.125. The van der Waals surface area contributed by atoms with E-state index in [-0.39, 0.29) is 24.0 Å². The van der Waals surface area contributed by atoms with Crippen molar-refractivity contribution >= 4 is 12.0 Å². The van der Waals surface area contributed by atoms with Crippen molar-refractivity contribution in [3.8, 4) is 11.5 Å². The fraction of sp³-hybridized carbons (Fsp3) is 0.333. The van der Waals surface area contributed by atoms with Gasteiger partial charge in [-0.3, -0.25) is 9.69 Å². The first kappa shape index (κ1) is 19.5. The molecule has 2 aromatic rings. The Labute approximate surface area is 163 Å². The molecule has 0 saturated carbocycles. The molecule has 0 bridgehead atoms. The number of amides is 2. The van der Waals surface area contributed by atoms with Crippen LogP contribution in [0.15, 0.2) is 48.5 Å². The Kier molecular flexibility index (Phi) is 6.37. The Morgan fingerprint density at radius 1 is 1.07 bits per heavy atom. The number of carbonyl (C=O) groups is 2. The Morgan fingerprint density at radius 3 is 2.61 bits per heavy atom. The lowest BCUT2D eigenvalue weighted by atomic mass is 10.1. The van der Waals surface area contributed by atoms with Crippen LogP contribution in [0, 0.1) is 0 Å². The zero-order valence-electron chi connectivity index (χ0n) is 15.5. The largest absolute Gasteiger partial charge is 0.504 e. The molecule has 148 valence electrons. The first-order valence-corrected chi connectivity index (χ1v) is 9.30. The van der Waals surface area contributed by atoms with Crippen molar-refractivity contribution in [2.45, 2.75) is 31.9 Å². The van der Waals surface area contributed by atoms with Gasteiger partial charge in [-0.2, -0.15) is 0 Å². The van der Waals surface area contributed by atoms with Gasteiger partial charge in [-0.15, -0.1) is 0 Å². The van der Waals surface area contributed by atoms with Gasteiger partial charge < -0.3 is 20.3 Å². The summed E-state index contributed by atoms with van der Waals surface area (Å²) in [5, 5.41) is 21.7. The molecule has 28 heavy (non-hydrogen) atoms. The molecule has 1 fully saturated rings. The van der Waals surface area contributed by atoms with Crippen molar-refractivity contribution in [3.63, 3.8) is 0 Å². The molecule has 0 unspecified atom stereocenters. The first-order chi connectivity index (χ1) is 13.5. The van der Waals surface area contributed by atoms with Crippen LogP contribution < -0.4 is 5.32 Å². The highest BCUT2D eigenvalue weighted by molar-refractivity contribution is 5.86. The molecule has 0 aromatic heterocycles. The van der Waals surface area contributed by atoms with Crippen molar-refractivity contribution in [1.29, 1.82) is 0 Å². The van der Waals surface area contributed by atoms with Crippen molar-refractivity contribution < 1.29 is 24.5 Å². The second kappa shape index (κ2) is 9.12. The maximum atomic E-state index is 12.5. The number of hydrogen-bond donors (Lipinski definition) is 3. The van der Waals surface area contributed by atoms with Crippen molar-refractivity contribution in [3.05, 3.63) is 59.7 Å². The summed E-state index contributed by atoms with van der Waals surface area (Å²) in [6, 6.07) is 13.4. The predicted octanol–water partition coefficient (Wildman–Crippen LogP) is 2.56. The van der Waals surface area contributed by atoms with Crippen LogP contribution in [0.2, 0.25) is 0 Å². The van der Waals surface area contributed by atoms with Gasteiger partial charge in [-0.25, -0.2) is 4.79 Å². The molecular formula is C21H24N2O5. The molecule has 7 heteroatoms. The van der Waals surface area contributed by atoms with Crippen LogP contribution in [0.1, 0.15) is 24.0 Å². The third-order valence-corrected chi connectivity index (χ3v) is 4.75. The highest BCUT2D eigenvalue weighted by atomic mass is 16.6. The quantitative estimate of drug-likeness (QED) is 0.665. The summed E-state index contributed by atoms with van der Waals surface area (Å²) in [5.41, 5.74) is 1.69. The average molecular weight is 384 g/mol. The molecule has 0 aliphatic carbocycles. The minimum absolute atomic E-state index is 0.175. The topological polar surface area (TPSA) is 99.1 Å². The zero-order valence-corrected chi connectivity index (χ0v) is 15.5. The van der Waals surface area contributed by atoms with Gasteiger partial charge in [-0.1, -0.05) is 36.4 Å². The van der Waals surface area contributed by atoms with Crippen molar-refractivity contribution in [2.75, 3.05) is 13.1 Å². The Balaban J connectivity index is 1.48. The Morgan fingerprint density at radius 2 is 1.86 bits per heavy atom. The number of likely N-dealkylation sites (tertiary alicyclic amines) is 1. The van der Waals surface area contributed by atoms with Gasteiger partial charge in [0.2, 0.25) is 5.91 Å². The van der Waals surface area contributed by atoms with Gasteiger partial charge in [0, 0.05) is 13.1 Å². The van der Waals surface area contributed by atoms with Crippen LogP contribution >= 0.6 is 0 Å². The van der Waals surface area contributed by atoms with E-state index < -0.39 is 12.1 Å². The van der Waals surface area contributed by atoms with Crippen LogP contribution in [-0.4, -0.2) is 46.2 Å². The van der Waals surface area contributed by atoms with E-state index in [1.54, 1.807) is 6.07 Å². The molecule has 0 radical (unpaired) electrons. The average Bonchev–Trinajstić information content (AvgIpc) is 3.20. The number of ether oxygens (including phenoxy) is 1. The highest BCUT2D eigenvalue weighted by Crippen LogP contribution is 2.25.